The quantitative estimate of drug-likeness (QED) is 0.396. The van der Waals surface area contributed by atoms with E-state index in [-0.39, 0.29) is 0 Å². The Morgan fingerprint density at radius 2 is 0.810 bits per heavy atom. The monoisotopic (exact) mass is 267 g/mol. The standard InChI is InChI=1S/C18H9N3/c1-7-4-20-11-3-9-6-21-12-2-8-5-19-10(1)16-13(7)17(11)15(9)18(12)14(8)16/h4-6H,1-3H2. The molecule has 0 saturated carbocycles. The maximum atomic E-state index is 4.74. The third kappa shape index (κ3) is 0.794. The smallest absolute Gasteiger partial charge is 0.0533 e. The van der Waals surface area contributed by atoms with Gasteiger partial charge >= 0.3 is 0 Å². The number of nitrogens with zero attached hydrogens (tertiary/aromatic N) is 3. The summed E-state index contributed by atoms with van der Waals surface area (Å²) in [6.45, 7) is 0. The van der Waals surface area contributed by atoms with Crippen molar-refractivity contribution in [2.24, 2.45) is 0 Å². The summed E-state index contributed by atoms with van der Waals surface area (Å²) in [6, 6.07) is 0. The van der Waals surface area contributed by atoms with Gasteiger partial charge in [-0.3, -0.25) is 15.0 Å². The molecule has 7 rings (SSSR count). The highest BCUT2D eigenvalue weighted by atomic mass is 14.8. The van der Waals surface area contributed by atoms with Crippen LogP contribution in [0.15, 0.2) is 18.6 Å². The van der Waals surface area contributed by atoms with E-state index in [9.17, 15) is 0 Å². The number of rotatable bonds is 0. The van der Waals surface area contributed by atoms with Crippen LogP contribution in [0.4, 0.5) is 0 Å². The van der Waals surface area contributed by atoms with E-state index in [4.69, 9.17) is 15.0 Å². The molecule has 96 valence electrons. The molecular weight excluding hydrogens is 258 g/mol. The summed E-state index contributed by atoms with van der Waals surface area (Å²) >= 11 is 0. The molecule has 3 heterocycles. The second-order valence-corrected chi connectivity index (χ2v) is 6.47. The van der Waals surface area contributed by atoms with E-state index in [1.807, 2.05) is 0 Å². The summed E-state index contributed by atoms with van der Waals surface area (Å²) in [7, 11) is 0. The highest BCUT2D eigenvalue weighted by molar-refractivity contribution is 6.32. The molecule has 1 aromatic carbocycles. The predicted molar refractivity (Wildman–Crippen MR) is 80.8 cm³/mol. The van der Waals surface area contributed by atoms with E-state index in [2.05, 4.69) is 18.6 Å². The molecule has 3 aliphatic carbocycles. The number of benzene rings is 1. The Kier molecular flexibility index (Phi) is 1.17. The summed E-state index contributed by atoms with van der Waals surface area (Å²) in [5.41, 5.74) is 7.76. The van der Waals surface area contributed by atoms with Crippen molar-refractivity contribution in [2.45, 2.75) is 19.3 Å². The Labute approximate surface area is 119 Å². The molecule has 0 N–H and O–H groups in total. The molecule has 3 heteroatoms. The normalized spacial score (nSPS) is 16.0. The molecule has 0 bridgehead atoms. The van der Waals surface area contributed by atoms with Crippen LogP contribution in [0.25, 0.3) is 32.3 Å². The van der Waals surface area contributed by atoms with Crippen molar-refractivity contribution in [1.82, 2.24) is 15.0 Å². The molecule has 4 aromatic rings. The van der Waals surface area contributed by atoms with Crippen molar-refractivity contribution >= 4 is 32.3 Å². The number of hydrogen-bond acceptors (Lipinski definition) is 3. The van der Waals surface area contributed by atoms with Crippen LogP contribution in [0.1, 0.15) is 33.8 Å². The fourth-order valence-electron chi connectivity index (χ4n) is 4.78. The van der Waals surface area contributed by atoms with Crippen LogP contribution in [-0.4, -0.2) is 15.0 Å². The molecule has 3 aromatic heterocycles. The molecule has 0 fully saturated rings. The minimum atomic E-state index is 0.935. The van der Waals surface area contributed by atoms with Gasteiger partial charge in [0.15, 0.2) is 0 Å². The SMILES string of the molecule is c1nc2c3c4c1Cc1ncc5c(c14)c1c(ncc(c31)C2)C5. The fraction of sp³-hybridized carbons (Fsp3) is 0.167. The molecule has 3 aliphatic rings. The molecule has 0 aliphatic heterocycles. The zero-order chi connectivity index (χ0) is 13.3. The molecule has 0 radical (unpaired) electrons. The first-order valence-corrected chi connectivity index (χ1v) is 7.43. The topological polar surface area (TPSA) is 38.7 Å². The Bertz CT molecular complexity index is 932. The van der Waals surface area contributed by atoms with Gasteiger partial charge in [-0.25, -0.2) is 0 Å². The van der Waals surface area contributed by atoms with Gasteiger partial charge in [0.1, 0.15) is 0 Å². The van der Waals surface area contributed by atoms with Gasteiger partial charge in [0.25, 0.3) is 0 Å². The van der Waals surface area contributed by atoms with Crippen LogP contribution in [0.3, 0.4) is 0 Å². The lowest BCUT2D eigenvalue weighted by molar-refractivity contribution is 1.08. The van der Waals surface area contributed by atoms with Crippen LogP contribution < -0.4 is 0 Å². The molecule has 0 saturated heterocycles. The first-order valence-electron chi connectivity index (χ1n) is 7.43. The summed E-state index contributed by atoms with van der Waals surface area (Å²) in [5, 5.41) is 8.49. The number of hydrogen-bond donors (Lipinski definition) is 0. The second-order valence-electron chi connectivity index (χ2n) is 6.47. The van der Waals surface area contributed by atoms with E-state index in [0.29, 0.717) is 0 Å². The first kappa shape index (κ1) is 9.40. The van der Waals surface area contributed by atoms with E-state index >= 15 is 0 Å². The van der Waals surface area contributed by atoms with Crippen molar-refractivity contribution in [3.05, 3.63) is 52.4 Å². The van der Waals surface area contributed by atoms with Crippen molar-refractivity contribution in [2.75, 3.05) is 0 Å². The van der Waals surface area contributed by atoms with Crippen LogP contribution >= 0.6 is 0 Å². The average molecular weight is 267 g/mol. The van der Waals surface area contributed by atoms with Gasteiger partial charge in [-0.2, -0.15) is 0 Å². The summed E-state index contributed by atoms with van der Waals surface area (Å²) < 4.78 is 0. The highest BCUT2D eigenvalue weighted by Crippen LogP contribution is 2.51. The Morgan fingerprint density at radius 1 is 0.476 bits per heavy atom. The van der Waals surface area contributed by atoms with Crippen molar-refractivity contribution in [3.8, 4) is 0 Å². The van der Waals surface area contributed by atoms with Gasteiger partial charge in [-0.15, -0.1) is 0 Å². The fourth-order valence-corrected chi connectivity index (χ4v) is 4.78. The number of pyridine rings is 3. The third-order valence-electron chi connectivity index (χ3n) is 5.53. The predicted octanol–water partition coefficient (Wildman–Crippen LogP) is 3.04. The minimum Gasteiger partial charge on any atom is -0.260 e. The summed E-state index contributed by atoms with van der Waals surface area (Å²) in [6.07, 6.45) is 9.02. The maximum absolute atomic E-state index is 4.74. The Hall–Kier alpha value is -2.55. The summed E-state index contributed by atoms with van der Waals surface area (Å²) in [4.78, 5) is 14.2. The van der Waals surface area contributed by atoms with Crippen LogP contribution in [0.2, 0.25) is 0 Å². The van der Waals surface area contributed by atoms with Crippen molar-refractivity contribution in [3.63, 3.8) is 0 Å². The molecule has 21 heavy (non-hydrogen) atoms. The zero-order valence-corrected chi connectivity index (χ0v) is 11.2. The van der Waals surface area contributed by atoms with Gasteiger partial charge in [0.2, 0.25) is 0 Å². The van der Waals surface area contributed by atoms with Crippen LogP contribution in [0.5, 0.6) is 0 Å². The largest absolute Gasteiger partial charge is 0.260 e. The van der Waals surface area contributed by atoms with Crippen LogP contribution in [-0.2, 0) is 19.3 Å². The van der Waals surface area contributed by atoms with Gasteiger partial charge in [0, 0.05) is 54.0 Å². The number of aromatic nitrogens is 3. The summed E-state index contributed by atoms with van der Waals surface area (Å²) in [5.74, 6) is 0. The van der Waals surface area contributed by atoms with Crippen molar-refractivity contribution in [1.29, 1.82) is 0 Å². The van der Waals surface area contributed by atoms with E-state index in [1.54, 1.807) is 0 Å². The molecule has 0 spiro atoms. The lowest BCUT2D eigenvalue weighted by Crippen LogP contribution is -1.89. The van der Waals surface area contributed by atoms with Gasteiger partial charge in [0.05, 0.1) is 17.1 Å². The molecule has 0 amide bonds. The first-order chi connectivity index (χ1) is 10.4. The van der Waals surface area contributed by atoms with E-state index < -0.39 is 0 Å². The van der Waals surface area contributed by atoms with E-state index in [1.165, 1.54) is 66.1 Å². The second kappa shape index (κ2) is 2.62. The lowest BCUT2D eigenvalue weighted by Gasteiger charge is -2.07. The lowest BCUT2D eigenvalue weighted by atomic mass is 9.98. The Balaban J connectivity index is 2.04. The minimum absolute atomic E-state index is 0.935. The zero-order valence-electron chi connectivity index (χ0n) is 11.2. The van der Waals surface area contributed by atoms with Crippen LogP contribution in [0, 0.1) is 0 Å². The maximum Gasteiger partial charge on any atom is 0.0533 e. The molecule has 0 atom stereocenters. The highest BCUT2D eigenvalue weighted by Gasteiger charge is 2.32. The third-order valence-corrected chi connectivity index (χ3v) is 5.53. The van der Waals surface area contributed by atoms with Gasteiger partial charge < -0.3 is 0 Å². The van der Waals surface area contributed by atoms with Gasteiger partial charge in [-0.1, -0.05) is 0 Å². The Morgan fingerprint density at radius 3 is 1.14 bits per heavy atom. The van der Waals surface area contributed by atoms with Crippen molar-refractivity contribution < 1.29 is 0 Å². The molecular formula is C18H9N3. The van der Waals surface area contributed by atoms with E-state index in [0.717, 1.165) is 19.3 Å². The average Bonchev–Trinajstić information content (AvgIpc) is 3.14. The van der Waals surface area contributed by atoms with Gasteiger partial charge in [-0.05, 0) is 32.8 Å². The molecule has 0 unspecified atom stereocenters. The molecule has 3 nitrogen and oxygen atoms in total.